The molecule has 24 heavy (non-hydrogen) atoms. The third-order valence-corrected chi connectivity index (χ3v) is 5.98. The summed E-state index contributed by atoms with van der Waals surface area (Å²) in [5, 5.41) is 11.6. The van der Waals surface area contributed by atoms with Gasteiger partial charge in [-0.1, -0.05) is 0 Å². The van der Waals surface area contributed by atoms with Crippen molar-refractivity contribution < 1.29 is 18.3 Å². The molecule has 0 aliphatic carbocycles. The average molecular weight is 377 g/mol. The molecule has 11 heteroatoms. The van der Waals surface area contributed by atoms with Gasteiger partial charge in [-0.2, -0.15) is 0 Å². The Morgan fingerprint density at radius 1 is 1.33 bits per heavy atom. The molecule has 0 saturated carbocycles. The van der Waals surface area contributed by atoms with Crippen LogP contribution in [0, 0.1) is 6.92 Å². The summed E-state index contributed by atoms with van der Waals surface area (Å²) in [6.07, 6.45) is 3.71. The molecule has 1 amide bonds. The summed E-state index contributed by atoms with van der Waals surface area (Å²) in [5.74, 6) is -0.637. The van der Waals surface area contributed by atoms with Gasteiger partial charge in [-0.3, -0.25) is 23.0 Å². The summed E-state index contributed by atoms with van der Waals surface area (Å²) in [4.78, 5) is 39.0. The van der Waals surface area contributed by atoms with Crippen LogP contribution in [-0.2, 0) is 26.4 Å². The summed E-state index contributed by atoms with van der Waals surface area (Å²) in [6.45, 7) is 1.08. The van der Waals surface area contributed by atoms with Crippen LogP contribution in [-0.4, -0.2) is 59.1 Å². The van der Waals surface area contributed by atoms with Crippen LogP contribution >= 0.6 is 0 Å². The number of aromatic amines is 2. The first-order valence-corrected chi connectivity index (χ1v) is 10.0. The summed E-state index contributed by atoms with van der Waals surface area (Å²) in [6, 6.07) is -0.763. The quantitative estimate of drug-likeness (QED) is 0.383. The van der Waals surface area contributed by atoms with Gasteiger partial charge < -0.3 is 15.4 Å². The van der Waals surface area contributed by atoms with E-state index in [9.17, 15) is 27.9 Å². The standard InChI is InChI=1S/C13H19N3O6S2/c1-8-10(12(19)16-13(20)14-8)3-4-11(18)15-9(5-17)6-24(22)7-23(2)21/h3-4,9,17H,5-7H2,1-2H3,(H,15,18)(H2,14,16,19,20)/b4-3-/t9-,23+,24-/m1/s1. The summed E-state index contributed by atoms with van der Waals surface area (Å²) in [5.41, 5.74) is -0.853. The minimum Gasteiger partial charge on any atom is -0.394 e. The second-order valence-corrected chi connectivity index (χ2v) is 8.27. The third-order valence-electron chi connectivity index (χ3n) is 2.83. The highest BCUT2D eigenvalue weighted by Gasteiger charge is 2.14. The highest BCUT2D eigenvalue weighted by Crippen LogP contribution is 1.98. The summed E-state index contributed by atoms with van der Waals surface area (Å²) >= 11 is 0. The maximum absolute atomic E-state index is 11.8. The van der Waals surface area contributed by atoms with Crippen molar-refractivity contribution in [3.05, 3.63) is 38.2 Å². The molecule has 0 aliphatic heterocycles. The predicted octanol–water partition coefficient (Wildman–Crippen LogP) is -2.05. The average Bonchev–Trinajstić information content (AvgIpc) is 2.44. The highest BCUT2D eigenvalue weighted by atomic mass is 32.2. The summed E-state index contributed by atoms with van der Waals surface area (Å²) in [7, 11) is -2.68. The van der Waals surface area contributed by atoms with Crippen molar-refractivity contribution in [3.8, 4) is 0 Å². The van der Waals surface area contributed by atoms with E-state index in [1.54, 1.807) is 0 Å². The molecule has 1 aromatic rings. The van der Waals surface area contributed by atoms with Crippen molar-refractivity contribution in [2.24, 2.45) is 0 Å². The van der Waals surface area contributed by atoms with Crippen LogP contribution in [0.2, 0.25) is 0 Å². The fourth-order valence-electron chi connectivity index (χ4n) is 1.82. The van der Waals surface area contributed by atoms with Crippen LogP contribution in [0.4, 0.5) is 0 Å². The number of amides is 1. The Hall–Kier alpha value is -1.85. The van der Waals surface area contributed by atoms with Crippen LogP contribution < -0.4 is 16.6 Å². The number of carbonyl (C=O) groups excluding carboxylic acids is 1. The van der Waals surface area contributed by atoms with E-state index in [-0.39, 0.29) is 16.4 Å². The van der Waals surface area contributed by atoms with Crippen molar-refractivity contribution in [3.63, 3.8) is 0 Å². The van der Waals surface area contributed by atoms with Crippen LogP contribution in [0.1, 0.15) is 11.3 Å². The SMILES string of the molecule is Cc1[nH]c(=O)[nH]c(=O)c1/C=C\C(=O)N[C@H](CO)C[S@@](=O)C[S@](C)=O. The van der Waals surface area contributed by atoms with Crippen molar-refractivity contribution in [2.45, 2.75) is 13.0 Å². The second kappa shape index (κ2) is 9.45. The van der Waals surface area contributed by atoms with Gasteiger partial charge in [-0.05, 0) is 13.0 Å². The van der Waals surface area contributed by atoms with E-state index in [4.69, 9.17) is 0 Å². The van der Waals surface area contributed by atoms with Gasteiger partial charge in [-0.25, -0.2) is 4.79 Å². The molecule has 3 atom stereocenters. The van der Waals surface area contributed by atoms with Gasteiger partial charge in [0.15, 0.2) is 0 Å². The molecule has 0 bridgehead atoms. The Morgan fingerprint density at radius 3 is 2.54 bits per heavy atom. The normalized spacial score (nSPS) is 15.1. The maximum atomic E-state index is 11.8. The van der Waals surface area contributed by atoms with Crippen LogP contribution in [0.15, 0.2) is 15.7 Å². The number of hydrogen-bond donors (Lipinski definition) is 4. The maximum Gasteiger partial charge on any atom is 0.325 e. The molecule has 9 nitrogen and oxygen atoms in total. The summed E-state index contributed by atoms with van der Waals surface area (Å²) < 4.78 is 22.7. The number of nitrogens with one attached hydrogen (secondary N) is 3. The number of aromatic nitrogens is 2. The van der Waals surface area contributed by atoms with E-state index >= 15 is 0 Å². The molecule has 4 N–H and O–H groups in total. The molecule has 1 heterocycles. The minimum atomic E-state index is -1.44. The Balaban J connectivity index is 2.74. The number of hydrogen-bond acceptors (Lipinski definition) is 6. The first kappa shape index (κ1) is 20.2. The Morgan fingerprint density at radius 2 is 2.00 bits per heavy atom. The zero-order valence-corrected chi connectivity index (χ0v) is 14.8. The zero-order chi connectivity index (χ0) is 18.3. The van der Waals surface area contributed by atoms with Crippen LogP contribution in [0.25, 0.3) is 6.08 Å². The lowest BCUT2D eigenvalue weighted by atomic mass is 10.2. The van der Waals surface area contributed by atoms with Gasteiger partial charge in [0.2, 0.25) is 5.91 Å². The second-order valence-electron chi connectivity index (χ2n) is 4.97. The molecule has 0 aromatic carbocycles. The lowest BCUT2D eigenvalue weighted by Crippen LogP contribution is -2.41. The number of aryl methyl sites for hydroxylation is 1. The molecule has 134 valence electrons. The fraction of sp³-hybridized carbons (Fsp3) is 0.462. The minimum absolute atomic E-state index is 0.0336. The van der Waals surface area contributed by atoms with Gasteiger partial charge in [-0.15, -0.1) is 0 Å². The van der Waals surface area contributed by atoms with E-state index in [0.29, 0.717) is 5.69 Å². The lowest BCUT2D eigenvalue weighted by Gasteiger charge is -2.14. The molecule has 0 saturated heterocycles. The van der Waals surface area contributed by atoms with Gasteiger partial charge in [0.25, 0.3) is 5.56 Å². The fourth-order valence-corrected chi connectivity index (χ4v) is 4.32. The highest BCUT2D eigenvalue weighted by molar-refractivity contribution is 8.01. The molecular formula is C13H19N3O6S2. The smallest absolute Gasteiger partial charge is 0.325 e. The van der Waals surface area contributed by atoms with E-state index in [1.165, 1.54) is 19.3 Å². The molecule has 1 aromatic heterocycles. The van der Waals surface area contributed by atoms with Crippen molar-refractivity contribution >= 4 is 33.6 Å². The van der Waals surface area contributed by atoms with E-state index in [0.717, 1.165) is 6.08 Å². The van der Waals surface area contributed by atoms with Gasteiger partial charge >= 0.3 is 5.69 Å². The number of carbonyl (C=O) groups is 1. The molecule has 0 spiro atoms. The Bertz CT molecular complexity index is 783. The van der Waals surface area contributed by atoms with Crippen molar-refractivity contribution in [1.82, 2.24) is 15.3 Å². The van der Waals surface area contributed by atoms with Gasteiger partial charge in [0.1, 0.15) is 0 Å². The van der Waals surface area contributed by atoms with Gasteiger partial charge in [0, 0.05) is 45.4 Å². The number of aliphatic hydroxyl groups excluding tert-OH is 1. The first-order chi connectivity index (χ1) is 11.2. The number of rotatable bonds is 8. The Labute approximate surface area is 142 Å². The topological polar surface area (TPSA) is 149 Å². The molecule has 0 fully saturated rings. The monoisotopic (exact) mass is 377 g/mol. The van der Waals surface area contributed by atoms with Crippen LogP contribution in [0.5, 0.6) is 0 Å². The molecule has 0 aliphatic rings. The van der Waals surface area contributed by atoms with Crippen molar-refractivity contribution in [2.75, 3.05) is 23.7 Å². The van der Waals surface area contributed by atoms with E-state index < -0.39 is 51.4 Å². The number of aliphatic hydroxyl groups is 1. The number of H-pyrrole nitrogens is 2. The molecule has 0 unspecified atom stereocenters. The molecule has 1 rings (SSSR count). The largest absolute Gasteiger partial charge is 0.394 e. The third kappa shape index (κ3) is 6.72. The molecular weight excluding hydrogens is 358 g/mol. The van der Waals surface area contributed by atoms with Crippen molar-refractivity contribution in [1.29, 1.82) is 0 Å². The van der Waals surface area contributed by atoms with E-state index in [2.05, 4.69) is 10.3 Å². The first-order valence-electron chi connectivity index (χ1n) is 6.80. The predicted molar refractivity (Wildman–Crippen MR) is 92.4 cm³/mol. The van der Waals surface area contributed by atoms with Gasteiger partial charge in [0.05, 0.1) is 23.3 Å². The molecule has 0 radical (unpaired) electrons. The van der Waals surface area contributed by atoms with E-state index in [1.807, 2.05) is 4.98 Å². The Kier molecular flexibility index (Phi) is 7.95. The lowest BCUT2D eigenvalue weighted by molar-refractivity contribution is -0.117. The zero-order valence-electron chi connectivity index (χ0n) is 13.2. The van der Waals surface area contributed by atoms with Crippen LogP contribution in [0.3, 0.4) is 0 Å².